The van der Waals surface area contributed by atoms with Crippen LogP contribution in [0.4, 0.5) is 4.79 Å². The molecule has 0 aromatic heterocycles. The fourth-order valence-corrected chi connectivity index (χ4v) is 4.68. The Morgan fingerprint density at radius 2 is 1.77 bits per heavy atom. The van der Waals surface area contributed by atoms with E-state index in [4.69, 9.17) is 18.9 Å². The van der Waals surface area contributed by atoms with Crippen molar-refractivity contribution in [3.8, 4) is 5.75 Å². The van der Waals surface area contributed by atoms with Crippen LogP contribution < -0.4 is 10.1 Å². The molecule has 0 saturated carbocycles. The van der Waals surface area contributed by atoms with Gasteiger partial charge >= 0.3 is 6.09 Å². The van der Waals surface area contributed by atoms with E-state index in [1.165, 1.54) is 0 Å². The van der Waals surface area contributed by atoms with E-state index in [2.05, 4.69) is 12.2 Å². The van der Waals surface area contributed by atoms with E-state index >= 15 is 0 Å². The van der Waals surface area contributed by atoms with Crippen LogP contribution in [-0.2, 0) is 20.6 Å². The van der Waals surface area contributed by atoms with Crippen molar-refractivity contribution >= 4 is 12.0 Å². The molecule has 1 aliphatic rings. The van der Waals surface area contributed by atoms with Crippen LogP contribution in [0.15, 0.2) is 18.2 Å². The molecule has 1 aliphatic heterocycles. The maximum absolute atomic E-state index is 13.7. The standard InChI is InChI=1S/C30H51N3O6/c1-9-23-11-12-24(17-27(23)38-15-10-14-36-7)28(34)33(22(2)3)21-26-19-31-18-25(26)20-32(6)29(35)39-16-13-30(4,5)37-8/h11-12,17,22,25-26,31H,9-10,13-16,18-21H2,1-8H3/t25?,26-/m0/s1. The number of methoxy groups -OCH3 is 2. The van der Waals surface area contributed by atoms with Gasteiger partial charge in [0, 0.05) is 78.5 Å². The monoisotopic (exact) mass is 549 g/mol. The van der Waals surface area contributed by atoms with Gasteiger partial charge in [0.15, 0.2) is 0 Å². The minimum atomic E-state index is -0.335. The van der Waals surface area contributed by atoms with Gasteiger partial charge in [0.1, 0.15) is 5.75 Å². The summed E-state index contributed by atoms with van der Waals surface area (Å²) in [5, 5.41) is 3.45. The highest BCUT2D eigenvalue weighted by Gasteiger charge is 2.33. The van der Waals surface area contributed by atoms with E-state index in [0.717, 1.165) is 37.2 Å². The normalized spacial score (nSPS) is 17.4. The van der Waals surface area contributed by atoms with Gasteiger partial charge in [0.05, 0.1) is 18.8 Å². The average Bonchev–Trinajstić information content (AvgIpc) is 3.35. The van der Waals surface area contributed by atoms with Gasteiger partial charge in [-0.15, -0.1) is 0 Å². The van der Waals surface area contributed by atoms with Crippen LogP contribution in [-0.4, -0.2) is 101 Å². The number of ether oxygens (including phenoxy) is 4. The van der Waals surface area contributed by atoms with Crippen LogP contribution in [0.25, 0.3) is 0 Å². The molecule has 0 spiro atoms. The molecular formula is C30H51N3O6. The molecule has 1 unspecified atom stereocenters. The van der Waals surface area contributed by atoms with Crippen LogP contribution in [0.1, 0.15) is 63.4 Å². The molecule has 0 bridgehead atoms. The maximum atomic E-state index is 13.7. The Hall–Kier alpha value is -2.36. The highest BCUT2D eigenvalue weighted by Crippen LogP contribution is 2.25. The highest BCUT2D eigenvalue weighted by atomic mass is 16.6. The summed E-state index contributed by atoms with van der Waals surface area (Å²) in [4.78, 5) is 29.9. The molecule has 1 aromatic rings. The molecule has 9 nitrogen and oxygen atoms in total. The van der Waals surface area contributed by atoms with Crippen molar-refractivity contribution in [2.45, 2.75) is 65.5 Å². The molecule has 2 rings (SSSR count). The summed E-state index contributed by atoms with van der Waals surface area (Å²) in [5.41, 5.74) is 1.38. The molecule has 39 heavy (non-hydrogen) atoms. The zero-order valence-electron chi connectivity index (χ0n) is 25.4. The second-order valence-corrected chi connectivity index (χ2v) is 11.3. The van der Waals surface area contributed by atoms with Gasteiger partial charge in [0.25, 0.3) is 5.91 Å². The molecule has 1 heterocycles. The third-order valence-corrected chi connectivity index (χ3v) is 7.54. The molecule has 1 saturated heterocycles. The number of hydrogen-bond acceptors (Lipinski definition) is 7. The maximum Gasteiger partial charge on any atom is 0.409 e. The smallest absolute Gasteiger partial charge is 0.409 e. The predicted molar refractivity (Wildman–Crippen MR) is 154 cm³/mol. The molecular weight excluding hydrogens is 498 g/mol. The van der Waals surface area contributed by atoms with E-state index in [1.54, 1.807) is 26.2 Å². The summed E-state index contributed by atoms with van der Waals surface area (Å²) in [6, 6.07) is 5.80. The van der Waals surface area contributed by atoms with Gasteiger partial charge in [0.2, 0.25) is 0 Å². The minimum absolute atomic E-state index is 0.00596. The molecule has 1 fully saturated rings. The summed E-state index contributed by atoms with van der Waals surface area (Å²) in [6.45, 7) is 14.4. The van der Waals surface area contributed by atoms with Gasteiger partial charge in [-0.25, -0.2) is 4.79 Å². The Labute approximate surface area is 235 Å². The third-order valence-electron chi connectivity index (χ3n) is 7.54. The van der Waals surface area contributed by atoms with Gasteiger partial charge in [-0.05, 0) is 63.6 Å². The number of carbonyl (C=O) groups is 2. The van der Waals surface area contributed by atoms with Crippen LogP contribution in [0.2, 0.25) is 0 Å². The van der Waals surface area contributed by atoms with Crippen molar-refractivity contribution in [1.82, 2.24) is 15.1 Å². The van der Waals surface area contributed by atoms with Gasteiger partial charge in [-0.1, -0.05) is 13.0 Å². The van der Waals surface area contributed by atoms with E-state index in [0.29, 0.717) is 44.9 Å². The zero-order valence-corrected chi connectivity index (χ0v) is 25.4. The lowest BCUT2D eigenvalue weighted by Crippen LogP contribution is -2.44. The van der Waals surface area contributed by atoms with Crippen molar-refractivity contribution in [3.05, 3.63) is 29.3 Å². The second-order valence-electron chi connectivity index (χ2n) is 11.3. The SMILES string of the molecule is CCc1ccc(C(=O)N(C[C@@H]2CNCC2CN(C)C(=O)OCCC(C)(C)OC)C(C)C)cc1OCCCOC. The van der Waals surface area contributed by atoms with E-state index in [1.807, 2.05) is 50.8 Å². The first-order chi connectivity index (χ1) is 18.5. The second kappa shape index (κ2) is 16.0. The lowest BCUT2D eigenvalue weighted by Gasteiger charge is -2.33. The largest absolute Gasteiger partial charge is 0.493 e. The van der Waals surface area contributed by atoms with Crippen molar-refractivity contribution in [1.29, 1.82) is 0 Å². The summed E-state index contributed by atoms with van der Waals surface area (Å²) in [7, 11) is 5.11. The molecule has 1 aromatic carbocycles. The number of aryl methyl sites for hydroxylation is 1. The Bertz CT molecular complexity index is 907. The third kappa shape index (κ3) is 10.3. The van der Waals surface area contributed by atoms with Gasteiger partial charge < -0.3 is 34.1 Å². The van der Waals surface area contributed by atoms with Crippen molar-refractivity contribution < 1.29 is 28.5 Å². The molecule has 9 heteroatoms. The molecule has 1 N–H and O–H groups in total. The van der Waals surface area contributed by atoms with E-state index in [-0.39, 0.29) is 35.5 Å². The number of carbonyl (C=O) groups excluding carboxylic acids is 2. The van der Waals surface area contributed by atoms with Crippen LogP contribution in [0.3, 0.4) is 0 Å². The van der Waals surface area contributed by atoms with E-state index in [9.17, 15) is 9.59 Å². The topological polar surface area (TPSA) is 89.6 Å². The first-order valence-corrected chi connectivity index (χ1v) is 14.2. The lowest BCUT2D eigenvalue weighted by molar-refractivity contribution is -0.00303. The van der Waals surface area contributed by atoms with Gasteiger partial charge in [-0.2, -0.15) is 0 Å². The molecule has 2 amide bonds. The summed E-state index contributed by atoms with van der Waals surface area (Å²) in [5.74, 6) is 1.19. The van der Waals surface area contributed by atoms with E-state index < -0.39 is 0 Å². The number of amides is 2. The van der Waals surface area contributed by atoms with Crippen molar-refractivity contribution in [2.24, 2.45) is 11.8 Å². The van der Waals surface area contributed by atoms with Crippen LogP contribution in [0, 0.1) is 11.8 Å². The Kier molecular flexibility index (Phi) is 13.5. The zero-order chi connectivity index (χ0) is 29.0. The number of rotatable bonds is 16. The Balaban J connectivity index is 2.03. The summed E-state index contributed by atoms with van der Waals surface area (Å²) in [6.07, 6.45) is 1.91. The molecule has 0 radical (unpaired) electrons. The first kappa shape index (κ1) is 32.8. The molecule has 222 valence electrons. The van der Waals surface area contributed by atoms with Crippen molar-refractivity contribution in [3.63, 3.8) is 0 Å². The fraction of sp³-hybridized carbons (Fsp3) is 0.733. The molecule has 2 atom stereocenters. The summed E-state index contributed by atoms with van der Waals surface area (Å²) >= 11 is 0. The number of nitrogens with one attached hydrogen (secondary N) is 1. The fourth-order valence-electron chi connectivity index (χ4n) is 4.68. The predicted octanol–water partition coefficient (Wildman–Crippen LogP) is 4.23. The Morgan fingerprint density at radius 3 is 2.38 bits per heavy atom. The van der Waals surface area contributed by atoms with Crippen molar-refractivity contribution in [2.75, 3.05) is 67.3 Å². The Morgan fingerprint density at radius 1 is 1.08 bits per heavy atom. The molecule has 0 aliphatic carbocycles. The quantitative estimate of drug-likeness (QED) is 0.309. The van der Waals surface area contributed by atoms with Crippen LogP contribution >= 0.6 is 0 Å². The lowest BCUT2D eigenvalue weighted by atomic mass is 9.94. The number of hydrogen-bond donors (Lipinski definition) is 1. The first-order valence-electron chi connectivity index (χ1n) is 14.2. The number of benzene rings is 1. The minimum Gasteiger partial charge on any atom is -0.493 e. The van der Waals surface area contributed by atoms with Crippen LogP contribution in [0.5, 0.6) is 5.75 Å². The highest BCUT2D eigenvalue weighted by molar-refractivity contribution is 5.95. The number of nitrogens with zero attached hydrogens (tertiary/aromatic N) is 2. The average molecular weight is 550 g/mol. The van der Waals surface area contributed by atoms with Gasteiger partial charge in [-0.3, -0.25) is 4.79 Å². The summed E-state index contributed by atoms with van der Waals surface area (Å²) < 4.78 is 22.0.